The zero-order valence-corrected chi connectivity index (χ0v) is 24.4. The number of aliphatic hydroxyl groups is 1. The third-order valence-electron chi connectivity index (χ3n) is 12.2. The van der Waals surface area contributed by atoms with Crippen LogP contribution in [-0.4, -0.2) is 56.4 Å². The SMILES string of the molecule is CC(CCC(=O)NCCNCCNCCN)[C@H]1CCC2C3CC[C@@H]4C[C@H](O)CC[C@]4(C)C3C[C@H](C)[C@@]21C. The number of hydrogen-bond acceptors (Lipinski definition) is 5. The Morgan fingerprint density at radius 3 is 2.46 bits per heavy atom. The summed E-state index contributed by atoms with van der Waals surface area (Å²) in [5.74, 6) is 5.58. The summed E-state index contributed by atoms with van der Waals surface area (Å²) >= 11 is 0. The lowest BCUT2D eigenvalue weighted by atomic mass is 9.42. The molecule has 0 saturated heterocycles. The van der Waals surface area contributed by atoms with Crippen LogP contribution in [0.1, 0.15) is 91.9 Å². The molecule has 0 radical (unpaired) electrons. The van der Waals surface area contributed by atoms with E-state index >= 15 is 0 Å². The molecular weight excluding hydrogens is 460 g/mol. The van der Waals surface area contributed by atoms with Crippen molar-refractivity contribution < 1.29 is 9.90 Å². The van der Waals surface area contributed by atoms with Crippen molar-refractivity contribution in [2.24, 2.45) is 58.0 Å². The van der Waals surface area contributed by atoms with Crippen molar-refractivity contribution in [2.75, 3.05) is 39.3 Å². The van der Waals surface area contributed by atoms with E-state index < -0.39 is 0 Å². The molecule has 4 rings (SSSR count). The Morgan fingerprint density at radius 1 is 0.973 bits per heavy atom. The van der Waals surface area contributed by atoms with Gasteiger partial charge in [0.2, 0.25) is 5.91 Å². The van der Waals surface area contributed by atoms with Crippen molar-refractivity contribution >= 4 is 5.91 Å². The number of nitrogens with one attached hydrogen (secondary N) is 3. The van der Waals surface area contributed by atoms with E-state index in [2.05, 4.69) is 43.6 Å². The van der Waals surface area contributed by atoms with Gasteiger partial charge in [-0.05, 0) is 110 Å². The Labute approximate surface area is 227 Å². The van der Waals surface area contributed by atoms with Gasteiger partial charge < -0.3 is 26.8 Å². The maximum Gasteiger partial charge on any atom is 0.220 e. The van der Waals surface area contributed by atoms with E-state index in [0.717, 1.165) is 80.9 Å². The predicted octanol–water partition coefficient (Wildman–Crippen LogP) is 3.92. The van der Waals surface area contributed by atoms with Crippen molar-refractivity contribution in [3.63, 3.8) is 0 Å². The molecule has 214 valence electrons. The van der Waals surface area contributed by atoms with Crippen LogP contribution < -0.4 is 21.7 Å². The number of carbonyl (C=O) groups excluding carboxylic acids is 1. The molecule has 37 heavy (non-hydrogen) atoms. The molecule has 6 nitrogen and oxygen atoms in total. The van der Waals surface area contributed by atoms with E-state index in [-0.39, 0.29) is 12.0 Å². The van der Waals surface area contributed by atoms with Crippen LogP contribution in [0.4, 0.5) is 0 Å². The average molecular weight is 519 g/mol. The molecule has 6 N–H and O–H groups in total. The van der Waals surface area contributed by atoms with Gasteiger partial charge in [0, 0.05) is 45.7 Å². The molecule has 0 heterocycles. The van der Waals surface area contributed by atoms with Crippen LogP contribution in [0.5, 0.6) is 0 Å². The molecule has 0 aromatic carbocycles. The summed E-state index contributed by atoms with van der Waals surface area (Å²) in [5.41, 5.74) is 6.33. The van der Waals surface area contributed by atoms with Crippen LogP contribution in [0.3, 0.4) is 0 Å². The third kappa shape index (κ3) is 6.07. The number of aliphatic hydroxyl groups excluding tert-OH is 1. The Balaban J connectivity index is 1.26. The maximum atomic E-state index is 12.6. The number of fused-ring (bicyclic) bond motifs is 5. The van der Waals surface area contributed by atoms with Gasteiger partial charge in [-0.3, -0.25) is 4.79 Å². The van der Waals surface area contributed by atoms with Crippen LogP contribution >= 0.6 is 0 Å². The normalized spacial score (nSPS) is 41.9. The van der Waals surface area contributed by atoms with Crippen molar-refractivity contribution in [2.45, 2.75) is 98.0 Å². The lowest BCUT2D eigenvalue weighted by Crippen LogP contribution is -2.56. The van der Waals surface area contributed by atoms with E-state index in [1.807, 2.05) is 0 Å². The quantitative estimate of drug-likeness (QED) is 0.252. The van der Waals surface area contributed by atoms with Crippen molar-refractivity contribution in [3.05, 3.63) is 0 Å². The summed E-state index contributed by atoms with van der Waals surface area (Å²) in [6.45, 7) is 15.1. The molecule has 0 aromatic rings. The topological polar surface area (TPSA) is 99.4 Å². The largest absolute Gasteiger partial charge is 0.393 e. The zero-order valence-electron chi connectivity index (χ0n) is 24.4. The molecule has 0 aromatic heterocycles. The summed E-state index contributed by atoms with van der Waals surface area (Å²) in [6.07, 6.45) is 11.7. The minimum Gasteiger partial charge on any atom is -0.393 e. The van der Waals surface area contributed by atoms with Crippen molar-refractivity contribution in [3.8, 4) is 0 Å². The maximum absolute atomic E-state index is 12.6. The van der Waals surface area contributed by atoms with Gasteiger partial charge in [0.1, 0.15) is 0 Å². The second-order valence-corrected chi connectivity index (χ2v) is 13.9. The lowest BCUT2D eigenvalue weighted by molar-refractivity contribution is -0.149. The molecule has 4 aliphatic rings. The second kappa shape index (κ2) is 12.7. The lowest BCUT2D eigenvalue weighted by Gasteiger charge is -2.63. The molecule has 4 saturated carbocycles. The minimum atomic E-state index is -0.0603. The molecule has 4 fully saturated rings. The highest BCUT2D eigenvalue weighted by Gasteiger charge is 2.62. The Hall–Kier alpha value is -0.690. The Kier molecular flexibility index (Phi) is 10.0. The molecule has 10 atom stereocenters. The van der Waals surface area contributed by atoms with Crippen molar-refractivity contribution in [1.29, 1.82) is 0 Å². The fraction of sp³-hybridized carbons (Fsp3) is 0.968. The van der Waals surface area contributed by atoms with Gasteiger partial charge in [-0.2, -0.15) is 0 Å². The van der Waals surface area contributed by atoms with Gasteiger partial charge >= 0.3 is 0 Å². The number of nitrogens with two attached hydrogens (primary N) is 1. The monoisotopic (exact) mass is 518 g/mol. The highest BCUT2D eigenvalue weighted by atomic mass is 16.3. The summed E-state index contributed by atoms with van der Waals surface area (Å²) in [4.78, 5) is 12.6. The summed E-state index contributed by atoms with van der Waals surface area (Å²) in [6, 6.07) is 0. The molecule has 0 aliphatic heterocycles. The number of hydrogen-bond donors (Lipinski definition) is 5. The van der Waals surface area contributed by atoms with E-state index in [4.69, 9.17) is 5.73 Å². The van der Waals surface area contributed by atoms with Gasteiger partial charge in [-0.25, -0.2) is 0 Å². The molecule has 0 bridgehead atoms. The summed E-state index contributed by atoms with van der Waals surface area (Å²) in [7, 11) is 0. The van der Waals surface area contributed by atoms with Crippen LogP contribution in [-0.2, 0) is 4.79 Å². The van der Waals surface area contributed by atoms with Gasteiger partial charge in [0.25, 0.3) is 0 Å². The standard InChI is InChI=1S/C31H58N4O2/c1-21(5-10-29(37)35-18-17-34-16-15-33-14-13-32)26-8-9-27-25-7-6-23-20-24(36)11-12-30(23,3)28(25)19-22(2)31(26,27)4/h21-28,33-34,36H,5-20,32H2,1-4H3,(H,35,37)/t21?,22-,23+,24+,25?,26+,27?,28?,30-,31+/m0/s1. The minimum absolute atomic E-state index is 0.0603. The van der Waals surface area contributed by atoms with Crippen molar-refractivity contribution in [1.82, 2.24) is 16.0 Å². The first kappa shape index (κ1) is 29.3. The van der Waals surface area contributed by atoms with Crippen LogP contribution in [0.15, 0.2) is 0 Å². The van der Waals surface area contributed by atoms with Gasteiger partial charge in [-0.15, -0.1) is 0 Å². The molecule has 0 spiro atoms. The predicted molar refractivity (Wildman–Crippen MR) is 152 cm³/mol. The highest BCUT2D eigenvalue weighted by Crippen LogP contribution is 2.69. The van der Waals surface area contributed by atoms with Gasteiger partial charge in [-0.1, -0.05) is 27.7 Å². The average Bonchev–Trinajstić information content (AvgIpc) is 3.24. The molecule has 4 aliphatic carbocycles. The smallest absolute Gasteiger partial charge is 0.220 e. The number of amides is 1. The number of carbonyl (C=O) groups is 1. The van der Waals surface area contributed by atoms with E-state index in [1.165, 1.54) is 38.5 Å². The van der Waals surface area contributed by atoms with E-state index in [1.54, 1.807) is 0 Å². The van der Waals surface area contributed by atoms with Crippen LogP contribution in [0.25, 0.3) is 0 Å². The first-order valence-corrected chi connectivity index (χ1v) is 15.8. The van der Waals surface area contributed by atoms with Crippen LogP contribution in [0.2, 0.25) is 0 Å². The third-order valence-corrected chi connectivity index (χ3v) is 12.2. The first-order chi connectivity index (χ1) is 17.7. The van der Waals surface area contributed by atoms with Gasteiger partial charge in [0.05, 0.1) is 6.10 Å². The Bertz CT molecular complexity index is 749. The fourth-order valence-corrected chi connectivity index (χ4v) is 10.0. The first-order valence-electron chi connectivity index (χ1n) is 15.8. The molecule has 1 amide bonds. The Morgan fingerprint density at radius 2 is 1.70 bits per heavy atom. The highest BCUT2D eigenvalue weighted by molar-refractivity contribution is 5.75. The summed E-state index contributed by atoms with van der Waals surface area (Å²) in [5, 5.41) is 20.1. The number of rotatable bonds is 12. The summed E-state index contributed by atoms with van der Waals surface area (Å²) < 4.78 is 0. The fourth-order valence-electron chi connectivity index (χ4n) is 10.0. The molecule has 6 heteroatoms. The molecular formula is C31H58N4O2. The van der Waals surface area contributed by atoms with Crippen LogP contribution in [0, 0.1) is 52.3 Å². The molecule has 4 unspecified atom stereocenters. The van der Waals surface area contributed by atoms with E-state index in [9.17, 15) is 9.90 Å². The zero-order chi connectivity index (χ0) is 26.6. The van der Waals surface area contributed by atoms with E-state index in [0.29, 0.717) is 36.3 Å². The second-order valence-electron chi connectivity index (χ2n) is 13.9. The van der Waals surface area contributed by atoms with Gasteiger partial charge in [0.15, 0.2) is 0 Å².